The Morgan fingerprint density at radius 3 is 1.55 bits per heavy atom. The number of hydrogen-bond donors (Lipinski definition) is 0. The van der Waals surface area contributed by atoms with Crippen molar-refractivity contribution in [1.29, 1.82) is 0 Å². The van der Waals surface area contributed by atoms with Crippen molar-refractivity contribution in [2.24, 2.45) is 0 Å². The Morgan fingerprint density at radius 2 is 1.10 bits per heavy atom. The van der Waals surface area contributed by atoms with Crippen molar-refractivity contribution >= 4 is 5.97 Å². The summed E-state index contributed by atoms with van der Waals surface area (Å²) in [7, 11) is 0. The summed E-state index contributed by atoms with van der Waals surface area (Å²) in [5, 5.41) is 0. The average molecular weight is 465 g/mol. The molecule has 0 aliphatic rings. The van der Waals surface area contributed by atoms with Gasteiger partial charge in [-0.25, -0.2) is 4.79 Å². The van der Waals surface area contributed by atoms with Crippen LogP contribution in [0.25, 0.3) is 0 Å². The first-order chi connectivity index (χ1) is 14.5. The summed E-state index contributed by atoms with van der Waals surface area (Å²) in [4.78, 5) is 11.0. The molecule has 9 heteroatoms. The van der Waals surface area contributed by atoms with Gasteiger partial charge in [-0.05, 0) is 32.1 Å². The lowest BCUT2D eigenvalue weighted by Crippen LogP contribution is -2.56. The van der Waals surface area contributed by atoms with Crippen molar-refractivity contribution in [3.05, 3.63) is 12.2 Å². The Morgan fingerprint density at radius 1 is 0.677 bits per heavy atom. The van der Waals surface area contributed by atoms with Gasteiger partial charge in [-0.1, -0.05) is 76.9 Å². The van der Waals surface area contributed by atoms with Gasteiger partial charge in [0, 0.05) is 0 Å². The van der Waals surface area contributed by atoms with Gasteiger partial charge in [-0.3, -0.25) is 0 Å². The third-order valence-corrected chi connectivity index (χ3v) is 4.90. The van der Waals surface area contributed by atoms with E-state index in [1.165, 1.54) is 38.5 Å². The zero-order valence-corrected chi connectivity index (χ0v) is 18.2. The van der Waals surface area contributed by atoms with Crippen LogP contribution in [0.4, 0.5) is 30.7 Å². The Kier molecular flexibility index (Phi) is 14.9. The predicted molar refractivity (Wildman–Crippen MR) is 106 cm³/mol. The van der Waals surface area contributed by atoms with E-state index in [9.17, 15) is 35.5 Å². The molecule has 0 aromatic heterocycles. The van der Waals surface area contributed by atoms with Gasteiger partial charge in [0.15, 0.2) is 0 Å². The number of alkyl halides is 7. The summed E-state index contributed by atoms with van der Waals surface area (Å²) in [6.45, 7) is 1.57. The molecule has 0 spiro atoms. The van der Waals surface area contributed by atoms with Crippen LogP contribution < -0.4 is 0 Å². The van der Waals surface area contributed by atoms with Crippen molar-refractivity contribution in [3.63, 3.8) is 0 Å². The van der Waals surface area contributed by atoms with Gasteiger partial charge in [-0.15, -0.1) is 0 Å². The number of halogens is 7. The molecule has 0 radical (unpaired) electrons. The monoisotopic (exact) mass is 464 g/mol. The molecule has 0 N–H and O–H groups in total. The van der Waals surface area contributed by atoms with Crippen LogP contribution in [0.1, 0.15) is 96.8 Å². The maximum Gasteiger partial charge on any atom is 0.460 e. The Bertz CT molecular complexity index is 503. The van der Waals surface area contributed by atoms with Crippen LogP contribution in [0, 0.1) is 0 Å². The smallest absolute Gasteiger partial charge is 0.460 e. The molecule has 31 heavy (non-hydrogen) atoms. The third kappa shape index (κ3) is 11.8. The summed E-state index contributed by atoms with van der Waals surface area (Å²) >= 11 is 0. The highest BCUT2D eigenvalue weighted by Crippen LogP contribution is 2.46. The Balaban J connectivity index is 3.68. The first-order valence-corrected chi connectivity index (χ1v) is 11.1. The van der Waals surface area contributed by atoms with Gasteiger partial charge in [0.05, 0.1) is 6.61 Å². The molecule has 0 saturated heterocycles. The summed E-state index contributed by atoms with van der Waals surface area (Å²) in [6.07, 6.45) is 11.8. The lowest BCUT2D eigenvalue weighted by molar-refractivity contribution is -0.348. The van der Waals surface area contributed by atoms with Crippen LogP contribution in [-0.2, 0) is 9.53 Å². The summed E-state index contributed by atoms with van der Waals surface area (Å²) in [5.74, 6) is -15.3. The standard InChI is InChI=1S/C22H35F7O2/c1-2-3-4-5-6-7-8-9-10-11-12-13-14-15-16-17-18-31-19(30)20(23,24)21(25,26)22(27,28)29/h9-10H,2-8,11-18H2,1H3/b10-9-. The van der Waals surface area contributed by atoms with Crippen LogP contribution >= 0.6 is 0 Å². The minimum atomic E-state index is -6.54. The highest BCUT2D eigenvalue weighted by atomic mass is 19.4. The van der Waals surface area contributed by atoms with Crippen molar-refractivity contribution < 1.29 is 40.3 Å². The number of ether oxygens (including phenoxy) is 1. The van der Waals surface area contributed by atoms with Crippen molar-refractivity contribution in [1.82, 2.24) is 0 Å². The molecule has 0 saturated carbocycles. The second kappa shape index (κ2) is 15.5. The van der Waals surface area contributed by atoms with Crippen LogP contribution in [0.15, 0.2) is 12.2 Å². The molecular weight excluding hydrogens is 429 g/mol. The molecule has 0 aliphatic carbocycles. The molecule has 0 bridgehead atoms. The van der Waals surface area contributed by atoms with Crippen molar-refractivity contribution in [3.8, 4) is 0 Å². The molecule has 2 nitrogen and oxygen atoms in total. The molecule has 0 fully saturated rings. The SMILES string of the molecule is CCCCCCCC/C=C\CCCCCCCCOC(=O)C(F)(F)C(F)(F)C(F)(F)F. The highest BCUT2D eigenvalue weighted by molar-refractivity contribution is 5.79. The molecular formula is C22H35F7O2. The fourth-order valence-corrected chi connectivity index (χ4v) is 2.91. The molecule has 184 valence electrons. The number of carbonyl (C=O) groups excluding carboxylic acids is 1. The number of esters is 1. The molecule has 0 aromatic rings. The minimum absolute atomic E-state index is 0.123. The first kappa shape index (κ1) is 29.7. The fraction of sp³-hybridized carbons (Fsp3) is 0.864. The molecule has 0 unspecified atom stereocenters. The van der Waals surface area contributed by atoms with Gasteiger partial charge in [0.1, 0.15) is 0 Å². The Labute approximate surface area is 180 Å². The van der Waals surface area contributed by atoms with E-state index >= 15 is 0 Å². The highest BCUT2D eigenvalue weighted by Gasteiger charge is 2.77. The summed E-state index contributed by atoms with van der Waals surface area (Å²) < 4.78 is 91.4. The molecule has 0 atom stereocenters. The van der Waals surface area contributed by atoms with Gasteiger partial charge in [-0.2, -0.15) is 30.7 Å². The number of rotatable bonds is 18. The van der Waals surface area contributed by atoms with E-state index < -0.39 is 30.6 Å². The second-order valence-corrected chi connectivity index (χ2v) is 7.72. The van der Waals surface area contributed by atoms with E-state index in [0.717, 1.165) is 38.5 Å². The average Bonchev–Trinajstić information content (AvgIpc) is 2.69. The second-order valence-electron chi connectivity index (χ2n) is 7.72. The molecule has 0 amide bonds. The lowest BCUT2D eigenvalue weighted by Gasteiger charge is -2.26. The van der Waals surface area contributed by atoms with E-state index in [1.54, 1.807) is 0 Å². The molecule has 0 aromatic carbocycles. The maximum atomic E-state index is 13.1. The van der Waals surface area contributed by atoms with Crippen LogP contribution in [0.2, 0.25) is 0 Å². The van der Waals surface area contributed by atoms with Crippen LogP contribution in [-0.4, -0.2) is 30.6 Å². The third-order valence-electron chi connectivity index (χ3n) is 4.90. The fourth-order valence-electron chi connectivity index (χ4n) is 2.91. The topological polar surface area (TPSA) is 26.3 Å². The molecule has 0 rings (SSSR count). The van der Waals surface area contributed by atoms with E-state index in [2.05, 4.69) is 23.8 Å². The number of hydrogen-bond acceptors (Lipinski definition) is 2. The zero-order valence-electron chi connectivity index (χ0n) is 18.2. The predicted octanol–water partition coefficient (Wildman–Crippen LogP) is 8.40. The Hall–Kier alpha value is -1.28. The van der Waals surface area contributed by atoms with Crippen LogP contribution in [0.5, 0.6) is 0 Å². The van der Waals surface area contributed by atoms with E-state index in [1.807, 2.05) is 0 Å². The van der Waals surface area contributed by atoms with E-state index in [0.29, 0.717) is 6.42 Å². The zero-order chi connectivity index (χ0) is 23.8. The van der Waals surface area contributed by atoms with Gasteiger partial charge in [0.25, 0.3) is 0 Å². The molecule has 0 heterocycles. The van der Waals surface area contributed by atoms with Gasteiger partial charge in [0.2, 0.25) is 0 Å². The quantitative estimate of drug-likeness (QED) is 0.0881. The normalized spacial score (nSPS) is 13.2. The van der Waals surface area contributed by atoms with E-state index in [-0.39, 0.29) is 6.42 Å². The van der Waals surface area contributed by atoms with Crippen molar-refractivity contribution in [2.75, 3.05) is 6.61 Å². The van der Waals surface area contributed by atoms with Gasteiger partial charge < -0.3 is 4.74 Å². The summed E-state index contributed by atoms with van der Waals surface area (Å²) in [6, 6.07) is 0. The number of unbranched alkanes of at least 4 members (excludes halogenated alkanes) is 12. The largest absolute Gasteiger partial charge is 0.461 e. The number of carbonyl (C=O) groups is 1. The lowest BCUT2D eigenvalue weighted by atomic mass is 10.1. The van der Waals surface area contributed by atoms with E-state index in [4.69, 9.17) is 0 Å². The maximum absolute atomic E-state index is 13.1. The molecule has 0 aliphatic heterocycles. The van der Waals surface area contributed by atoms with Crippen molar-refractivity contribution in [2.45, 2.75) is 115 Å². The number of allylic oxidation sites excluding steroid dienone is 2. The summed E-state index contributed by atoms with van der Waals surface area (Å²) in [5.41, 5.74) is 0. The minimum Gasteiger partial charge on any atom is -0.461 e. The first-order valence-electron chi connectivity index (χ1n) is 11.1. The van der Waals surface area contributed by atoms with Gasteiger partial charge >= 0.3 is 24.0 Å². The van der Waals surface area contributed by atoms with Crippen LogP contribution in [0.3, 0.4) is 0 Å².